The molecule has 6 nitrogen and oxygen atoms in total. The van der Waals surface area contributed by atoms with Gasteiger partial charge in [0.15, 0.2) is 0 Å². The fourth-order valence-corrected chi connectivity index (χ4v) is 4.00. The Morgan fingerprint density at radius 2 is 1.96 bits per heavy atom. The zero-order valence-electron chi connectivity index (χ0n) is 14.0. The van der Waals surface area contributed by atoms with Gasteiger partial charge in [0.2, 0.25) is 0 Å². The van der Waals surface area contributed by atoms with Crippen molar-refractivity contribution in [2.75, 3.05) is 12.3 Å². The number of carbonyl (C=O) groups excluding carboxylic acids is 1. The summed E-state index contributed by atoms with van der Waals surface area (Å²) in [6, 6.07) is 6.34. The maximum atomic E-state index is 13.1. The van der Waals surface area contributed by atoms with Crippen LogP contribution in [-0.4, -0.2) is 48.3 Å². The number of nitrogens with zero attached hydrogens (tertiary/aromatic N) is 3. The Bertz CT molecular complexity index is 931. The van der Waals surface area contributed by atoms with Crippen LogP contribution in [0, 0.1) is 5.82 Å². The van der Waals surface area contributed by atoms with Gasteiger partial charge >= 0.3 is 0 Å². The van der Waals surface area contributed by atoms with Gasteiger partial charge in [0.1, 0.15) is 11.7 Å². The van der Waals surface area contributed by atoms with Crippen molar-refractivity contribution < 1.29 is 17.6 Å². The van der Waals surface area contributed by atoms with Crippen molar-refractivity contribution in [2.45, 2.75) is 25.4 Å². The highest BCUT2D eigenvalue weighted by Crippen LogP contribution is 2.30. The molecular weight excluding hydrogens is 357 g/mol. The van der Waals surface area contributed by atoms with Crippen molar-refractivity contribution in [2.24, 2.45) is 4.40 Å². The summed E-state index contributed by atoms with van der Waals surface area (Å²) in [6.45, 7) is 0.702. The summed E-state index contributed by atoms with van der Waals surface area (Å²) >= 11 is 0. The van der Waals surface area contributed by atoms with Gasteiger partial charge in [-0.15, -0.1) is 4.40 Å². The van der Waals surface area contributed by atoms with Crippen LogP contribution in [0.25, 0.3) is 0 Å². The number of rotatable bonds is 4. The summed E-state index contributed by atoms with van der Waals surface area (Å²) < 4.78 is 40.0. The number of amidine groups is 1. The van der Waals surface area contributed by atoms with E-state index >= 15 is 0 Å². The molecule has 0 radical (unpaired) electrons. The van der Waals surface area contributed by atoms with E-state index in [0.29, 0.717) is 18.0 Å². The highest BCUT2D eigenvalue weighted by Gasteiger charge is 2.34. The summed E-state index contributed by atoms with van der Waals surface area (Å²) in [7, 11) is -3.42. The fourth-order valence-electron chi connectivity index (χ4n) is 3.03. The number of benzene rings is 1. The van der Waals surface area contributed by atoms with Crippen molar-refractivity contribution in [3.8, 4) is 0 Å². The molecule has 1 fully saturated rings. The average Bonchev–Trinajstić information content (AvgIpc) is 3.44. The van der Waals surface area contributed by atoms with Crippen LogP contribution in [0.3, 0.4) is 0 Å². The second kappa shape index (κ2) is 6.35. The van der Waals surface area contributed by atoms with Gasteiger partial charge in [-0.3, -0.25) is 4.79 Å². The predicted molar refractivity (Wildman–Crippen MR) is 95.1 cm³/mol. The number of sulfonamides is 1. The molecule has 0 N–H and O–H groups in total. The molecule has 0 unspecified atom stereocenters. The Balaban J connectivity index is 1.55. The minimum absolute atomic E-state index is 0.0652. The van der Waals surface area contributed by atoms with E-state index in [-0.39, 0.29) is 30.1 Å². The first-order chi connectivity index (χ1) is 12.4. The van der Waals surface area contributed by atoms with E-state index < -0.39 is 10.0 Å². The minimum Gasteiger partial charge on any atom is -0.331 e. The number of hydrogen-bond acceptors (Lipinski definition) is 4. The van der Waals surface area contributed by atoms with E-state index in [1.54, 1.807) is 40.3 Å². The van der Waals surface area contributed by atoms with Crippen LogP contribution >= 0.6 is 0 Å². The second-order valence-electron chi connectivity index (χ2n) is 6.64. The molecule has 1 saturated carbocycles. The first-order valence-corrected chi connectivity index (χ1v) is 10.1. The Hall–Kier alpha value is -2.48. The minimum atomic E-state index is -3.42. The third-order valence-corrected chi connectivity index (χ3v) is 5.75. The van der Waals surface area contributed by atoms with Crippen LogP contribution < -0.4 is 0 Å². The van der Waals surface area contributed by atoms with Gasteiger partial charge in [0.25, 0.3) is 15.9 Å². The van der Waals surface area contributed by atoms with Crippen LogP contribution in [-0.2, 0) is 21.4 Å². The molecule has 8 heteroatoms. The van der Waals surface area contributed by atoms with Gasteiger partial charge in [0, 0.05) is 25.3 Å². The normalized spacial score (nSPS) is 20.9. The zero-order valence-corrected chi connectivity index (χ0v) is 14.8. The molecule has 136 valence electrons. The lowest BCUT2D eigenvalue weighted by Crippen LogP contribution is -2.39. The molecule has 1 aliphatic carbocycles. The van der Waals surface area contributed by atoms with E-state index in [0.717, 1.165) is 18.4 Å². The summed E-state index contributed by atoms with van der Waals surface area (Å²) in [5.41, 5.74) is 1.37. The standard InChI is InChI=1S/C18H18FN3O3S/c19-15-4-1-13(2-5-15)11-22(16-6-7-16)18(23)14-3-8-17-20-26(24,25)10-9-21(17)12-14/h1-5,8,12,16H,6-7,9-11H2. The van der Waals surface area contributed by atoms with Gasteiger partial charge < -0.3 is 9.80 Å². The average molecular weight is 375 g/mol. The van der Waals surface area contributed by atoms with Crippen LogP contribution in [0.4, 0.5) is 4.39 Å². The smallest absolute Gasteiger partial charge is 0.256 e. The lowest BCUT2D eigenvalue weighted by molar-refractivity contribution is -0.128. The molecule has 2 heterocycles. The monoisotopic (exact) mass is 375 g/mol. The summed E-state index contributed by atoms with van der Waals surface area (Å²) in [5, 5.41) is 0. The molecule has 0 bridgehead atoms. The third kappa shape index (κ3) is 3.55. The number of halogens is 1. The van der Waals surface area contributed by atoms with Crippen LogP contribution in [0.1, 0.15) is 18.4 Å². The molecular formula is C18H18FN3O3S. The largest absolute Gasteiger partial charge is 0.331 e. The molecule has 1 aromatic rings. The zero-order chi connectivity index (χ0) is 18.3. The SMILES string of the molecule is O=C(C1=CN2CCS(=O)(=O)N=C2C=C1)N(Cc1ccc(F)cc1)C1CC1. The number of fused-ring (bicyclic) bond motifs is 1. The molecule has 2 aliphatic heterocycles. The number of amides is 1. The highest BCUT2D eigenvalue weighted by molar-refractivity contribution is 7.90. The topological polar surface area (TPSA) is 70.0 Å². The summed E-state index contributed by atoms with van der Waals surface area (Å²) in [4.78, 5) is 16.5. The van der Waals surface area contributed by atoms with E-state index in [1.807, 2.05) is 0 Å². The first kappa shape index (κ1) is 17.0. The third-order valence-electron chi connectivity index (χ3n) is 4.59. The molecule has 26 heavy (non-hydrogen) atoms. The quantitative estimate of drug-likeness (QED) is 0.805. The number of hydrogen-bond donors (Lipinski definition) is 0. The van der Waals surface area contributed by atoms with Gasteiger partial charge in [-0.1, -0.05) is 12.1 Å². The van der Waals surface area contributed by atoms with Crippen molar-refractivity contribution in [1.29, 1.82) is 0 Å². The van der Waals surface area contributed by atoms with Crippen molar-refractivity contribution >= 4 is 21.8 Å². The Labute approximate surface area is 151 Å². The fraction of sp³-hybridized carbons (Fsp3) is 0.333. The lowest BCUT2D eigenvalue weighted by Gasteiger charge is -2.29. The maximum Gasteiger partial charge on any atom is 0.256 e. The van der Waals surface area contributed by atoms with Crippen molar-refractivity contribution in [1.82, 2.24) is 9.80 Å². The Morgan fingerprint density at radius 1 is 1.23 bits per heavy atom. The van der Waals surface area contributed by atoms with Gasteiger partial charge in [-0.25, -0.2) is 12.8 Å². The molecule has 1 aromatic carbocycles. The van der Waals surface area contributed by atoms with E-state index in [1.165, 1.54) is 12.1 Å². The summed E-state index contributed by atoms with van der Waals surface area (Å²) in [5.74, 6) is -0.141. The van der Waals surface area contributed by atoms with E-state index in [4.69, 9.17) is 0 Å². The molecule has 1 amide bonds. The predicted octanol–water partition coefficient (Wildman–Crippen LogP) is 1.81. The first-order valence-electron chi connectivity index (χ1n) is 8.46. The lowest BCUT2D eigenvalue weighted by atomic mass is 10.1. The summed E-state index contributed by atoms with van der Waals surface area (Å²) in [6.07, 6.45) is 6.75. The van der Waals surface area contributed by atoms with Gasteiger partial charge in [-0.05, 0) is 42.7 Å². The molecule has 0 aromatic heterocycles. The van der Waals surface area contributed by atoms with Gasteiger partial charge in [-0.2, -0.15) is 0 Å². The van der Waals surface area contributed by atoms with Crippen molar-refractivity contribution in [3.05, 3.63) is 59.6 Å². The molecule has 0 spiro atoms. The van der Waals surface area contributed by atoms with Crippen LogP contribution in [0.5, 0.6) is 0 Å². The molecule has 3 aliphatic rings. The van der Waals surface area contributed by atoms with E-state index in [9.17, 15) is 17.6 Å². The van der Waals surface area contributed by atoms with Crippen LogP contribution in [0.2, 0.25) is 0 Å². The Kier molecular flexibility index (Phi) is 4.14. The van der Waals surface area contributed by atoms with Crippen LogP contribution in [0.15, 0.2) is 52.6 Å². The molecule has 0 atom stereocenters. The Morgan fingerprint density at radius 3 is 2.65 bits per heavy atom. The maximum absolute atomic E-state index is 13.1. The van der Waals surface area contributed by atoms with Crippen molar-refractivity contribution in [3.63, 3.8) is 0 Å². The highest BCUT2D eigenvalue weighted by atomic mass is 32.2. The van der Waals surface area contributed by atoms with Gasteiger partial charge in [0.05, 0.1) is 11.3 Å². The second-order valence-corrected chi connectivity index (χ2v) is 8.39. The molecule has 4 rings (SSSR count). The number of carbonyl (C=O) groups is 1. The molecule has 0 saturated heterocycles. The van der Waals surface area contributed by atoms with E-state index in [2.05, 4.69) is 4.40 Å².